The minimum Gasteiger partial charge on any atom is -0.381 e. The third-order valence-corrected chi connectivity index (χ3v) is 2.97. The minimum absolute atomic E-state index is 0.0358. The molecule has 106 valence electrons. The molecular formula is C14H15ClFN3O. The van der Waals surface area contributed by atoms with Crippen LogP contribution in [0.25, 0.3) is 0 Å². The maximum Gasteiger partial charge on any atom is 0.269 e. The number of nitrogens with one attached hydrogen (secondary N) is 1. The molecule has 0 bridgehead atoms. The number of hydrogen-bond acceptors (Lipinski definition) is 3. The summed E-state index contributed by atoms with van der Waals surface area (Å²) >= 11 is 5.71. The van der Waals surface area contributed by atoms with Crippen LogP contribution in [-0.2, 0) is 6.54 Å². The molecule has 0 radical (unpaired) electrons. The highest BCUT2D eigenvalue weighted by atomic mass is 35.5. The van der Waals surface area contributed by atoms with Gasteiger partial charge in [0.05, 0.1) is 23.5 Å². The molecule has 1 aromatic heterocycles. The molecule has 6 heteroatoms. The van der Waals surface area contributed by atoms with Gasteiger partial charge in [0, 0.05) is 17.7 Å². The highest BCUT2D eigenvalue weighted by Gasteiger charge is 2.08. The van der Waals surface area contributed by atoms with Gasteiger partial charge < -0.3 is 5.32 Å². The molecule has 1 aromatic carbocycles. The van der Waals surface area contributed by atoms with Gasteiger partial charge in [-0.25, -0.2) is 9.07 Å². The van der Waals surface area contributed by atoms with E-state index in [1.54, 1.807) is 18.3 Å². The van der Waals surface area contributed by atoms with Crippen LogP contribution in [0.4, 0.5) is 10.1 Å². The molecule has 20 heavy (non-hydrogen) atoms. The highest BCUT2D eigenvalue weighted by Crippen LogP contribution is 2.18. The molecule has 0 unspecified atom stereocenters. The third kappa shape index (κ3) is 3.36. The van der Waals surface area contributed by atoms with E-state index in [9.17, 15) is 9.18 Å². The average molecular weight is 296 g/mol. The van der Waals surface area contributed by atoms with E-state index in [4.69, 9.17) is 11.6 Å². The van der Waals surface area contributed by atoms with E-state index in [0.29, 0.717) is 11.3 Å². The van der Waals surface area contributed by atoms with Crippen LogP contribution < -0.4 is 10.9 Å². The summed E-state index contributed by atoms with van der Waals surface area (Å²) in [6.07, 6.45) is 1.55. The second kappa shape index (κ2) is 6.05. The molecule has 4 nitrogen and oxygen atoms in total. The molecule has 1 heterocycles. The van der Waals surface area contributed by atoms with Crippen LogP contribution in [0, 0.1) is 5.82 Å². The van der Waals surface area contributed by atoms with E-state index in [1.807, 2.05) is 13.8 Å². The Balaban J connectivity index is 2.26. The summed E-state index contributed by atoms with van der Waals surface area (Å²) in [5.74, 6) is -0.521. The smallest absolute Gasteiger partial charge is 0.269 e. The third-order valence-electron chi connectivity index (χ3n) is 2.68. The van der Waals surface area contributed by atoms with Crippen molar-refractivity contribution in [2.24, 2.45) is 0 Å². The van der Waals surface area contributed by atoms with Crippen LogP contribution in [0.2, 0.25) is 5.02 Å². The molecule has 0 aliphatic heterocycles. The molecule has 0 atom stereocenters. The first-order chi connectivity index (χ1) is 9.47. The number of nitrogens with zero attached hydrogens (tertiary/aromatic N) is 2. The van der Waals surface area contributed by atoms with Crippen molar-refractivity contribution in [1.82, 2.24) is 9.78 Å². The maximum absolute atomic E-state index is 13.8. The van der Waals surface area contributed by atoms with Crippen LogP contribution in [-0.4, -0.2) is 15.8 Å². The van der Waals surface area contributed by atoms with Crippen LogP contribution >= 0.6 is 11.6 Å². The Morgan fingerprint density at radius 2 is 2.20 bits per heavy atom. The fourth-order valence-corrected chi connectivity index (χ4v) is 1.99. The topological polar surface area (TPSA) is 46.9 Å². The first-order valence-corrected chi connectivity index (χ1v) is 6.62. The van der Waals surface area contributed by atoms with E-state index < -0.39 is 5.82 Å². The predicted octanol–water partition coefficient (Wildman–Crippen LogP) is 2.90. The first kappa shape index (κ1) is 14.5. The second-order valence-corrected chi connectivity index (χ2v) is 5.16. The first-order valence-electron chi connectivity index (χ1n) is 6.24. The van der Waals surface area contributed by atoms with E-state index in [0.717, 1.165) is 0 Å². The van der Waals surface area contributed by atoms with Gasteiger partial charge in [0.1, 0.15) is 5.82 Å². The van der Waals surface area contributed by atoms with Crippen molar-refractivity contribution in [1.29, 1.82) is 0 Å². The predicted molar refractivity (Wildman–Crippen MR) is 77.8 cm³/mol. The molecule has 0 saturated carbocycles. The lowest BCUT2D eigenvalue weighted by molar-refractivity contribution is 0.572. The van der Waals surface area contributed by atoms with E-state index in [1.165, 1.54) is 16.8 Å². The highest BCUT2D eigenvalue weighted by molar-refractivity contribution is 6.30. The Kier molecular flexibility index (Phi) is 4.39. The van der Waals surface area contributed by atoms with Gasteiger partial charge in [-0.1, -0.05) is 23.7 Å². The van der Waals surface area contributed by atoms with Crippen molar-refractivity contribution in [3.05, 3.63) is 57.2 Å². The lowest BCUT2D eigenvalue weighted by atomic mass is 10.2. The fraction of sp³-hybridized carbons (Fsp3) is 0.286. The van der Waals surface area contributed by atoms with Crippen LogP contribution in [0.5, 0.6) is 0 Å². The van der Waals surface area contributed by atoms with Crippen molar-refractivity contribution < 1.29 is 4.39 Å². The summed E-state index contributed by atoms with van der Waals surface area (Å²) in [5, 5.41) is 7.15. The van der Waals surface area contributed by atoms with Crippen molar-refractivity contribution >= 4 is 17.3 Å². The summed E-state index contributed by atoms with van der Waals surface area (Å²) < 4.78 is 15.0. The van der Waals surface area contributed by atoms with Crippen molar-refractivity contribution in [3.63, 3.8) is 0 Å². The zero-order valence-electron chi connectivity index (χ0n) is 11.2. The summed E-state index contributed by atoms with van der Waals surface area (Å²) in [7, 11) is 0. The SMILES string of the molecule is CC(C)Nc1cnn(Cc2cccc(Cl)c2F)c(=O)c1. The van der Waals surface area contributed by atoms with Gasteiger partial charge in [-0.15, -0.1) is 0 Å². The summed E-state index contributed by atoms with van der Waals surface area (Å²) in [4.78, 5) is 11.9. The molecule has 0 aliphatic rings. The molecule has 0 saturated heterocycles. The van der Waals surface area contributed by atoms with Crippen molar-refractivity contribution in [3.8, 4) is 0 Å². The Bertz CT molecular complexity index is 670. The fourth-order valence-electron chi connectivity index (χ4n) is 1.80. The Morgan fingerprint density at radius 1 is 1.45 bits per heavy atom. The molecule has 0 amide bonds. The zero-order valence-corrected chi connectivity index (χ0v) is 12.0. The molecular weight excluding hydrogens is 281 g/mol. The van der Waals surface area contributed by atoms with Crippen molar-refractivity contribution in [2.45, 2.75) is 26.4 Å². The van der Waals surface area contributed by atoms with Gasteiger partial charge in [-0.05, 0) is 19.9 Å². The number of aromatic nitrogens is 2. The largest absolute Gasteiger partial charge is 0.381 e. The van der Waals surface area contributed by atoms with E-state index >= 15 is 0 Å². The molecule has 2 aromatic rings. The molecule has 2 rings (SSSR count). The van der Waals surface area contributed by atoms with Gasteiger partial charge in [-0.2, -0.15) is 5.10 Å². The normalized spacial score (nSPS) is 10.8. The minimum atomic E-state index is -0.521. The standard InChI is InChI=1S/C14H15ClFN3O/c1-9(2)18-11-6-13(20)19(17-7-11)8-10-4-3-5-12(15)14(10)16/h3-7,9,18H,8H2,1-2H3. The average Bonchev–Trinajstić information content (AvgIpc) is 2.37. The quantitative estimate of drug-likeness (QED) is 0.943. The molecule has 0 spiro atoms. The van der Waals surface area contributed by atoms with Crippen molar-refractivity contribution in [2.75, 3.05) is 5.32 Å². The molecule has 0 aliphatic carbocycles. The number of hydrogen-bond donors (Lipinski definition) is 1. The Morgan fingerprint density at radius 3 is 2.85 bits per heavy atom. The summed E-state index contributed by atoms with van der Waals surface area (Å²) in [6.45, 7) is 3.98. The number of halogens is 2. The Labute approximate surface area is 121 Å². The number of anilines is 1. The van der Waals surface area contributed by atoms with Gasteiger partial charge >= 0.3 is 0 Å². The van der Waals surface area contributed by atoms with Crippen LogP contribution in [0.15, 0.2) is 35.3 Å². The summed E-state index contributed by atoms with van der Waals surface area (Å²) in [5.41, 5.74) is 0.680. The van der Waals surface area contributed by atoms with Gasteiger partial charge in [0.25, 0.3) is 5.56 Å². The monoisotopic (exact) mass is 295 g/mol. The molecule has 0 fully saturated rings. The lowest BCUT2D eigenvalue weighted by Crippen LogP contribution is -2.24. The summed E-state index contributed by atoms with van der Waals surface area (Å²) in [6, 6.07) is 6.33. The van der Waals surface area contributed by atoms with Gasteiger partial charge in [0.15, 0.2) is 0 Å². The van der Waals surface area contributed by atoms with Gasteiger partial charge in [-0.3, -0.25) is 4.79 Å². The van der Waals surface area contributed by atoms with Crippen LogP contribution in [0.3, 0.4) is 0 Å². The van der Waals surface area contributed by atoms with E-state index in [2.05, 4.69) is 10.4 Å². The maximum atomic E-state index is 13.8. The lowest BCUT2D eigenvalue weighted by Gasteiger charge is -2.11. The van der Waals surface area contributed by atoms with E-state index in [-0.39, 0.29) is 23.2 Å². The van der Waals surface area contributed by atoms with Crippen LogP contribution in [0.1, 0.15) is 19.4 Å². The number of rotatable bonds is 4. The number of benzene rings is 1. The molecule has 1 N–H and O–H groups in total. The Hall–Kier alpha value is -1.88. The zero-order chi connectivity index (χ0) is 14.7. The van der Waals surface area contributed by atoms with Gasteiger partial charge in [0.2, 0.25) is 0 Å². The second-order valence-electron chi connectivity index (χ2n) is 4.75.